The van der Waals surface area contributed by atoms with Gasteiger partial charge in [0.1, 0.15) is 5.75 Å². The molecule has 1 aromatic heterocycles. The average Bonchev–Trinajstić information content (AvgIpc) is 2.90. The smallest absolute Gasteiger partial charge is 0.329 e. The van der Waals surface area contributed by atoms with Crippen molar-refractivity contribution in [3.05, 3.63) is 100 Å². The molecule has 0 aliphatic heterocycles. The Morgan fingerprint density at radius 2 is 1.65 bits per heavy atom. The molecule has 0 saturated carbocycles. The summed E-state index contributed by atoms with van der Waals surface area (Å²) in [5, 5.41) is 9.65. The van der Waals surface area contributed by atoms with Crippen LogP contribution in [0.3, 0.4) is 0 Å². The number of nitrogens with zero attached hydrogens (tertiary/aromatic N) is 1. The lowest BCUT2D eigenvalue weighted by molar-refractivity contribution is -0.136. The van der Waals surface area contributed by atoms with Crippen LogP contribution < -0.4 is 26.4 Å². The molecule has 4 N–H and O–H groups in total. The van der Waals surface area contributed by atoms with Gasteiger partial charge < -0.3 is 20.4 Å². The topological polar surface area (TPSA) is 142 Å². The molecule has 0 atom stereocenters. The number of aromatic amines is 1. The summed E-state index contributed by atoms with van der Waals surface area (Å²) in [5.41, 5.74) is 3.39. The minimum absolute atomic E-state index is 0.140. The second kappa shape index (κ2) is 11.5. The number of hydrazone groups is 1. The minimum atomic E-state index is -1.07. The Morgan fingerprint density at radius 1 is 0.919 bits per heavy atom. The van der Waals surface area contributed by atoms with E-state index in [1.165, 1.54) is 12.1 Å². The molecule has 0 saturated heterocycles. The second-order valence-corrected chi connectivity index (χ2v) is 7.75. The maximum Gasteiger partial charge on any atom is 0.329 e. The first-order valence-electron chi connectivity index (χ1n) is 11.3. The van der Waals surface area contributed by atoms with E-state index in [0.29, 0.717) is 23.6 Å². The lowest BCUT2D eigenvalue weighted by Crippen LogP contribution is -2.33. The number of hydrogen-bond donors (Lipinski definition) is 4. The highest BCUT2D eigenvalue weighted by Gasteiger charge is 2.18. The molecule has 10 nitrogen and oxygen atoms in total. The lowest BCUT2D eigenvalue weighted by Gasteiger charge is -2.11. The van der Waals surface area contributed by atoms with Gasteiger partial charge in [0.05, 0.1) is 29.6 Å². The first-order valence-corrected chi connectivity index (χ1v) is 11.3. The van der Waals surface area contributed by atoms with Crippen LogP contribution in [-0.2, 0) is 9.59 Å². The van der Waals surface area contributed by atoms with Crippen LogP contribution in [0.4, 0.5) is 11.4 Å². The zero-order valence-corrected chi connectivity index (χ0v) is 19.8. The van der Waals surface area contributed by atoms with Gasteiger partial charge in [-0.15, -0.1) is 0 Å². The first kappa shape index (κ1) is 24.9. The number of pyridine rings is 1. The maximum absolute atomic E-state index is 12.8. The summed E-state index contributed by atoms with van der Waals surface area (Å²) in [4.78, 5) is 52.4. The SMILES string of the molecule is CCOc1ccc(NC(=O)c2ccccc2NC(=O)C(=O)N/N=C\c2cc3ccccc3[nH]c2=O)cc1. The predicted molar refractivity (Wildman–Crippen MR) is 141 cm³/mol. The molecule has 37 heavy (non-hydrogen) atoms. The lowest BCUT2D eigenvalue weighted by atomic mass is 10.1. The summed E-state index contributed by atoms with van der Waals surface area (Å²) in [7, 11) is 0. The van der Waals surface area contributed by atoms with Crippen LogP contribution in [0.25, 0.3) is 10.9 Å². The fourth-order valence-electron chi connectivity index (χ4n) is 3.44. The highest BCUT2D eigenvalue weighted by atomic mass is 16.5. The summed E-state index contributed by atoms with van der Waals surface area (Å²) < 4.78 is 5.39. The summed E-state index contributed by atoms with van der Waals surface area (Å²) >= 11 is 0. The molecule has 0 aliphatic rings. The van der Waals surface area contributed by atoms with Gasteiger partial charge in [-0.1, -0.05) is 30.3 Å². The Labute approximate surface area is 211 Å². The molecule has 0 unspecified atom stereocenters. The van der Waals surface area contributed by atoms with Crippen molar-refractivity contribution in [2.24, 2.45) is 5.10 Å². The van der Waals surface area contributed by atoms with Crippen molar-refractivity contribution in [3.63, 3.8) is 0 Å². The fraction of sp³-hybridized carbons (Fsp3) is 0.0741. The molecule has 1 heterocycles. The van der Waals surface area contributed by atoms with Crippen LogP contribution in [0, 0.1) is 0 Å². The van der Waals surface area contributed by atoms with Gasteiger partial charge in [-0.2, -0.15) is 5.10 Å². The molecule has 4 aromatic rings. The number of benzene rings is 3. The number of rotatable bonds is 7. The molecular formula is C27H23N5O5. The third kappa shape index (κ3) is 6.25. The van der Waals surface area contributed by atoms with Crippen molar-refractivity contribution in [2.45, 2.75) is 6.92 Å². The van der Waals surface area contributed by atoms with Gasteiger partial charge in [-0.25, -0.2) is 5.43 Å². The summed E-state index contributed by atoms with van der Waals surface area (Å²) in [6.45, 7) is 2.40. The van der Waals surface area contributed by atoms with Crippen molar-refractivity contribution in [1.29, 1.82) is 0 Å². The third-order valence-corrected chi connectivity index (χ3v) is 5.20. The normalized spacial score (nSPS) is 10.7. The Balaban J connectivity index is 1.39. The molecule has 3 amide bonds. The fourth-order valence-corrected chi connectivity index (χ4v) is 3.44. The van der Waals surface area contributed by atoms with Crippen LogP contribution in [0.2, 0.25) is 0 Å². The summed E-state index contributed by atoms with van der Waals surface area (Å²) in [5.74, 6) is -1.91. The molecule has 0 bridgehead atoms. The van der Waals surface area contributed by atoms with E-state index in [1.54, 1.807) is 54.6 Å². The Bertz CT molecular complexity index is 1540. The molecule has 0 fully saturated rings. The quantitative estimate of drug-likeness (QED) is 0.176. The Hall–Kier alpha value is -5.25. The zero-order valence-electron chi connectivity index (χ0n) is 19.8. The number of para-hydroxylation sites is 2. The van der Waals surface area contributed by atoms with Gasteiger partial charge in [0.25, 0.3) is 11.5 Å². The van der Waals surface area contributed by atoms with Gasteiger partial charge in [0, 0.05) is 11.2 Å². The Morgan fingerprint density at radius 3 is 2.43 bits per heavy atom. The van der Waals surface area contributed by atoms with Crippen molar-refractivity contribution in [3.8, 4) is 5.75 Å². The number of aromatic nitrogens is 1. The number of H-pyrrole nitrogens is 1. The number of carbonyl (C=O) groups is 3. The molecule has 4 rings (SSSR count). The van der Waals surface area contributed by atoms with E-state index in [-0.39, 0.29) is 16.8 Å². The monoisotopic (exact) mass is 497 g/mol. The largest absolute Gasteiger partial charge is 0.494 e. The van der Waals surface area contributed by atoms with Gasteiger partial charge in [-0.05, 0) is 60.8 Å². The highest BCUT2D eigenvalue weighted by Crippen LogP contribution is 2.20. The van der Waals surface area contributed by atoms with Crippen LogP contribution in [-0.4, -0.2) is 35.5 Å². The predicted octanol–water partition coefficient (Wildman–Crippen LogP) is 3.27. The van der Waals surface area contributed by atoms with Gasteiger partial charge in [0.2, 0.25) is 0 Å². The molecular weight excluding hydrogens is 474 g/mol. The average molecular weight is 498 g/mol. The molecule has 10 heteroatoms. The second-order valence-electron chi connectivity index (χ2n) is 7.75. The van der Waals surface area contributed by atoms with E-state index in [1.807, 2.05) is 19.1 Å². The minimum Gasteiger partial charge on any atom is -0.494 e. The van der Waals surface area contributed by atoms with Crippen LogP contribution >= 0.6 is 0 Å². The van der Waals surface area contributed by atoms with E-state index in [0.717, 1.165) is 11.6 Å². The number of fused-ring (bicyclic) bond motifs is 1. The van der Waals surface area contributed by atoms with E-state index in [2.05, 4.69) is 26.1 Å². The van der Waals surface area contributed by atoms with Crippen molar-refractivity contribution >= 4 is 46.2 Å². The first-order chi connectivity index (χ1) is 17.9. The van der Waals surface area contributed by atoms with Crippen molar-refractivity contribution < 1.29 is 19.1 Å². The van der Waals surface area contributed by atoms with Crippen molar-refractivity contribution in [1.82, 2.24) is 10.4 Å². The molecule has 186 valence electrons. The molecule has 0 spiro atoms. The van der Waals surface area contributed by atoms with Crippen LogP contribution in [0.15, 0.2) is 88.8 Å². The number of carbonyl (C=O) groups excluding carboxylic acids is 3. The van der Waals surface area contributed by atoms with Crippen LogP contribution in [0.5, 0.6) is 5.75 Å². The number of nitrogens with one attached hydrogen (secondary N) is 4. The number of amides is 3. The van der Waals surface area contributed by atoms with E-state index < -0.39 is 23.3 Å². The van der Waals surface area contributed by atoms with Crippen molar-refractivity contribution in [2.75, 3.05) is 17.2 Å². The molecule has 0 aliphatic carbocycles. The summed E-state index contributed by atoms with van der Waals surface area (Å²) in [6, 6.07) is 21.9. The van der Waals surface area contributed by atoms with E-state index in [4.69, 9.17) is 4.74 Å². The van der Waals surface area contributed by atoms with Gasteiger partial charge in [-0.3, -0.25) is 19.2 Å². The van der Waals surface area contributed by atoms with Gasteiger partial charge >= 0.3 is 11.8 Å². The van der Waals surface area contributed by atoms with Crippen LogP contribution in [0.1, 0.15) is 22.8 Å². The molecule has 0 radical (unpaired) electrons. The molecule has 3 aromatic carbocycles. The van der Waals surface area contributed by atoms with E-state index in [9.17, 15) is 19.2 Å². The maximum atomic E-state index is 12.8. The number of anilines is 2. The number of hydrogen-bond acceptors (Lipinski definition) is 6. The van der Waals surface area contributed by atoms with Gasteiger partial charge in [0.15, 0.2) is 0 Å². The summed E-state index contributed by atoms with van der Waals surface area (Å²) in [6.07, 6.45) is 1.15. The number of ether oxygens (including phenoxy) is 1. The standard InChI is InChI=1S/C27H23N5O5/c1-2-37-20-13-11-19(12-14-20)29-25(34)21-8-4-6-10-23(21)31-26(35)27(36)32-28-16-18-15-17-7-3-5-9-22(17)30-24(18)33/h3-16H,2H2,1H3,(H,29,34)(H,30,33)(H,31,35)(H,32,36)/b28-16-. The zero-order chi connectivity index (χ0) is 26.2. The third-order valence-electron chi connectivity index (χ3n) is 5.20. The highest BCUT2D eigenvalue weighted by molar-refractivity contribution is 6.40. The van der Waals surface area contributed by atoms with E-state index >= 15 is 0 Å². The Kier molecular flexibility index (Phi) is 7.69.